The topological polar surface area (TPSA) is 127 Å². The van der Waals surface area contributed by atoms with Crippen molar-refractivity contribution in [2.75, 3.05) is 13.2 Å². The summed E-state index contributed by atoms with van der Waals surface area (Å²) in [6, 6.07) is 17.9. The number of carboxylic acid groups (broad SMARTS) is 1. The summed E-state index contributed by atoms with van der Waals surface area (Å²) in [4.78, 5) is 11.7. The summed E-state index contributed by atoms with van der Waals surface area (Å²) in [7, 11) is -8.36. The molecule has 3 aromatic rings. The Morgan fingerprint density at radius 1 is 0.923 bits per heavy atom. The van der Waals surface area contributed by atoms with Crippen LogP contribution in [0.3, 0.4) is 0 Å². The van der Waals surface area contributed by atoms with Crippen LogP contribution in [0.4, 0.5) is 4.39 Å². The number of benzene rings is 3. The summed E-state index contributed by atoms with van der Waals surface area (Å²) in [6.45, 7) is 4.18. The van der Waals surface area contributed by atoms with Crippen LogP contribution in [0.25, 0.3) is 0 Å². The minimum atomic E-state index is -4.40. The zero-order valence-corrected chi connectivity index (χ0v) is 22.7. The molecule has 208 valence electrons. The lowest BCUT2D eigenvalue weighted by Gasteiger charge is -2.28. The number of hydrogen-bond donors (Lipinski definition) is 1. The highest BCUT2D eigenvalue weighted by Crippen LogP contribution is 2.26. The molecule has 0 fully saturated rings. The van der Waals surface area contributed by atoms with Crippen LogP contribution in [0.2, 0.25) is 0 Å². The molecular weight excluding hydrogens is 549 g/mol. The second-order valence-corrected chi connectivity index (χ2v) is 12.0. The van der Waals surface area contributed by atoms with Gasteiger partial charge in [-0.2, -0.15) is 12.7 Å². The van der Waals surface area contributed by atoms with Gasteiger partial charge in [-0.1, -0.05) is 54.6 Å². The Morgan fingerprint density at radius 2 is 1.51 bits per heavy atom. The summed E-state index contributed by atoms with van der Waals surface area (Å²) in [5.41, 5.74) is 1.41. The Balaban J connectivity index is 1.72. The summed E-state index contributed by atoms with van der Waals surface area (Å²) in [6.07, 6.45) is -0.714. The molecule has 0 saturated heterocycles. The van der Waals surface area contributed by atoms with Crippen molar-refractivity contribution in [1.82, 2.24) is 4.31 Å². The van der Waals surface area contributed by atoms with Crippen molar-refractivity contribution >= 4 is 26.1 Å². The van der Waals surface area contributed by atoms with Gasteiger partial charge in [-0.05, 0) is 48.9 Å². The maximum atomic E-state index is 13.6. The van der Waals surface area contributed by atoms with E-state index in [1.165, 1.54) is 36.4 Å². The number of carboxylic acids is 1. The number of aryl methyl sites for hydroxylation is 1. The standard InChI is InChI=1S/C27H28FNO8S2/c1-20-8-12-25(13-9-20)39(34,35)37-17-16-36-23-10-14-24(15-11-23)38(32,33)29(19-22-6-4-3-5-7-22)26(27(30)31)18-21(2)28/h3-15,26H,2,16-19H2,1H3,(H,30,31)/t26-/m0/s1. The van der Waals surface area contributed by atoms with Crippen molar-refractivity contribution < 1.29 is 40.0 Å². The normalized spacial score (nSPS) is 12.7. The number of ether oxygens (including phenoxy) is 1. The fourth-order valence-corrected chi connectivity index (χ4v) is 6.03. The molecule has 0 saturated carbocycles. The quantitative estimate of drug-likeness (QED) is 0.222. The molecule has 0 heterocycles. The molecular formula is C27H28FNO8S2. The number of halogens is 1. The van der Waals surface area contributed by atoms with Gasteiger partial charge in [0.1, 0.15) is 25.0 Å². The van der Waals surface area contributed by atoms with Crippen LogP contribution in [-0.4, -0.2) is 51.5 Å². The zero-order valence-electron chi connectivity index (χ0n) is 21.1. The molecule has 3 rings (SSSR count). The predicted molar refractivity (Wildman–Crippen MR) is 142 cm³/mol. The molecule has 3 aromatic carbocycles. The van der Waals surface area contributed by atoms with Crippen LogP contribution in [0.5, 0.6) is 5.75 Å². The van der Waals surface area contributed by atoms with Crippen LogP contribution in [0.15, 0.2) is 101 Å². The van der Waals surface area contributed by atoms with Crippen molar-refractivity contribution in [3.8, 4) is 5.75 Å². The van der Waals surface area contributed by atoms with Gasteiger partial charge in [-0.15, -0.1) is 0 Å². The van der Waals surface area contributed by atoms with E-state index in [1.807, 2.05) is 6.92 Å². The van der Waals surface area contributed by atoms with Crippen LogP contribution in [0.1, 0.15) is 17.5 Å². The minimum absolute atomic E-state index is 0.0127. The Labute approximate surface area is 227 Å². The molecule has 0 aliphatic carbocycles. The SMILES string of the molecule is C=C(F)C[C@@H](C(=O)O)N(Cc1ccccc1)S(=O)(=O)c1ccc(OCCOS(=O)(=O)c2ccc(C)cc2)cc1. The summed E-state index contributed by atoms with van der Waals surface area (Å²) in [5.74, 6) is -2.26. The largest absolute Gasteiger partial charge is 0.491 e. The molecule has 1 atom stereocenters. The Kier molecular flexibility index (Phi) is 9.97. The Morgan fingerprint density at radius 3 is 2.08 bits per heavy atom. The zero-order chi connectivity index (χ0) is 28.6. The van der Waals surface area contributed by atoms with Gasteiger partial charge >= 0.3 is 5.97 Å². The van der Waals surface area contributed by atoms with Crippen molar-refractivity contribution in [3.05, 3.63) is 102 Å². The van der Waals surface area contributed by atoms with Gasteiger partial charge in [0.15, 0.2) is 0 Å². The molecule has 0 bridgehead atoms. The van der Waals surface area contributed by atoms with E-state index in [0.29, 0.717) is 5.56 Å². The third-order valence-electron chi connectivity index (χ3n) is 5.56. The van der Waals surface area contributed by atoms with Crippen molar-refractivity contribution in [3.63, 3.8) is 0 Å². The summed E-state index contributed by atoms with van der Waals surface area (Å²) in [5, 5.41) is 9.70. The van der Waals surface area contributed by atoms with E-state index < -0.39 is 44.4 Å². The molecule has 0 unspecified atom stereocenters. The lowest BCUT2D eigenvalue weighted by Crippen LogP contribution is -2.44. The number of sulfonamides is 1. The van der Waals surface area contributed by atoms with E-state index in [4.69, 9.17) is 8.92 Å². The first-order chi connectivity index (χ1) is 18.4. The monoisotopic (exact) mass is 577 g/mol. The first-order valence-corrected chi connectivity index (χ1v) is 14.6. The number of hydrogen-bond acceptors (Lipinski definition) is 7. The van der Waals surface area contributed by atoms with E-state index in [2.05, 4.69) is 6.58 Å². The fraction of sp³-hybridized carbons (Fsp3) is 0.222. The number of carbonyl (C=O) groups is 1. The molecule has 0 aliphatic rings. The average Bonchev–Trinajstić information content (AvgIpc) is 2.89. The van der Waals surface area contributed by atoms with E-state index in [1.54, 1.807) is 42.5 Å². The third kappa shape index (κ3) is 8.20. The number of aliphatic carboxylic acids is 1. The van der Waals surface area contributed by atoms with Gasteiger partial charge in [-0.25, -0.2) is 12.8 Å². The lowest BCUT2D eigenvalue weighted by molar-refractivity contribution is -0.141. The first kappa shape index (κ1) is 30.0. The third-order valence-corrected chi connectivity index (χ3v) is 8.75. The van der Waals surface area contributed by atoms with Gasteiger partial charge in [-0.3, -0.25) is 8.98 Å². The van der Waals surface area contributed by atoms with Gasteiger partial charge in [0, 0.05) is 13.0 Å². The smallest absolute Gasteiger partial charge is 0.322 e. The summed E-state index contributed by atoms with van der Waals surface area (Å²) < 4.78 is 76.3. The molecule has 9 nitrogen and oxygen atoms in total. The molecule has 39 heavy (non-hydrogen) atoms. The van der Waals surface area contributed by atoms with Crippen LogP contribution in [-0.2, 0) is 35.7 Å². The molecule has 0 aliphatic heterocycles. The van der Waals surface area contributed by atoms with Crippen molar-refractivity contribution in [1.29, 1.82) is 0 Å². The molecule has 0 radical (unpaired) electrons. The second kappa shape index (κ2) is 13.0. The fourth-order valence-electron chi connectivity index (χ4n) is 3.57. The maximum absolute atomic E-state index is 13.6. The molecule has 12 heteroatoms. The van der Waals surface area contributed by atoms with Crippen LogP contribution in [0, 0.1) is 6.92 Å². The highest BCUT2D eigenvalue weighted by atomic mass is 32.2. The average molecular weight is 578 g/mol. The van der Waals surface area contributed by atoms with E-state index in [0.717, 1.165) is 9.87 Å². The van der Waals surface area contributed by atoms with Gasteiger partial charge in [0.25, 0.3) is 10.1 Å². The van der Waals surface area contributed by atoms with E-state index >= 15 is 0 Å². The van der Waals surface area contributed by atoms with Crippen molar-refractivity contribution in [2.24, 2.45) is 0 Å². The molecule has 0 spiro atoms. The summed E-state index contributed by atoms with van der Waals surface area (Å²) >= 11 is 0. The lowest BCUT2D eigenvalue weighted by atomic mass is 10.1. The second-order valence-electron chi connectivity index (χ2n) is 8.52. The van der Waals surface area contributed by atoms with Crippen LogP contribution >= 0.6 is 0 Å². The Bertz CT molecular complexity index is 1490. The van der Waals surface area contributed by atoms with Crippen molar-refractivity contribution in [2.45, 2.75) is 35.7 Å². The van der Waals surface area contributed by atoms with E-state index in [9.17, 15) is 31.1 Å². The molecule has 0 amide bonds. The van der Waals surface area contributed by atoms with Gasteiger partial charge in [0.05, 0.1) is 15.6 Å². The molecule has 1 N–H and O–H groups in total. The highest BCUT2D eigenvalue weighted by molar-refractivity contribution is 7.89. The van der Waals surface area contributed by atoms with E-state index in [-0.39, 0.29) is 35.3 Å². The maximum Gasteiger partial charge on any atom is 0.322 e. The first-order valence-electron chi connectivity index (χ1n) is 11.7. The number of rotatable bonds is 14. The number of nitrogens with zero attached hydrogens (tertiary/aromatic N) is 1. The molecule has 0 aromatic heterocycles. The van der Waals surface area contributed by atoms with Gasteiger partial charge in [0.2, 0.25) is 10.0 Å². The highest BCUT2D eigenvalue weighted by Gasteiger charge is 2.36. The Hall–Kier alpha value is -3.58. The predicted octanol–water partition coefficient (Wildman–Crippen LogP) is 4.30. The van der Waals surface area contributed by atoms with Gasteiger partial charge < -0.3 is 9.84 Å². The minimum Gasteiger partial charge on any atom is -0.491 e. The van der Waals surface area contributed by atoms with Crippen LogP contribution < -0.4 is 4.74 Å².